The predicted octanol–water partition coefficient (Wildman–Crippen LogP) is 1.89. The van der Waals surface area contributed by atoms with Crippen molar-refractivity contribution >= 4 is 11.6 Å². The fourth-order valence-corrected chi connectivity index (χ4v) is 3.63. The number of carbonyl (C=O) groups is 1. The minimum Gasteiger partial charge on any atom is -0.379 e. The lowest BCUT2D eigenvalue weighted by atomic mass is 10.1. The molecule has 0 spiro atoms. The molecule has 7 nitrogen and oxygen atoms in total. The van der Waals surface area contributed by atoms with E-state index in [1.165, 1.54) is 5.56 Å². The number of benzene rings is 1. The van der Waals surface area contributed by atoms with Crippen LogP contribution in [-0.2, 0) is 11.3 Å². The third kappa shape index (κ3) is 4.74. The number of nitrogens with one attached hydrogen (secondary N) is 2. The van der Waals surface area contributed by atoms with E-state index in [1.54, 1.807) is 6.07 Å². The maximum absolute atomic E-state index is 12.5. The molecule has 2 aliphatic heterocycles. The van der Waals surface area contributed by atoms with Crippen molar-refractivity contribution in [2.45, 2.75) is 25.4 Å². The summed E-state index contributed by atoms with van der Waals surface area (Å²) in [6.07, 6.45) is 4.14. The van der Waals surface area contributed by atoms with Crippen LogP contribution >= 0.6 is 0 Å². The third-order valence-electron chi connectivity index (χ3n) is 5.21. The molecule has 0 saturated carbocycles. The summed E-state index contributed by atoms with van der Waals surface area (Å²) >= 11 is 0. The largest absolute Gasteiger partial charge is 0.379 e. The number of carbonyl (C=O) groups excluding carboxylic acids is 1. The van der Waals surface area contributed by atoms with Crippen molar-refractivity contribution < 1.29 is 9.53 Å². The van der Waals surface area contributed by atoms with E-state index >= 15 is 0 Å². The van der Waals surface area contributed by atoms with Gasteiger partial charge in [-0.3, -0.25) is 14.4 Å². The SMILES string of the molecule is O=C(Nc1ccc(CN2CCOCC2)cc1)c1ccn(C2CCCNC2)n1. The van der Waals surface area contributed by atoms with Crippen LogP contribution in [0, 0.1) is 0 Å². The van der Waals surface area contributed by atoms with Crippen LogP contribution in [0.5, 0.6) is 0 Å². The summed E-state index contributed by atoms with van der Waals surface area (Å²) in [7, 11) is 0. The van der Waals surface area contributed by atoms with E-state index in [0.29, 0.717) is 11.7 Å². The van der Waals surface area contributed by atoms with Crippen molar-refractivity contribution in [3.8, 4) is 0 Å². The van der Waals surface area contributed by atoms with Gasteiger partial charge in [0.1, 0.15) is 0 Å². The van der Waals surface area contributed by atoms with Crippen molar-refractivity contribution in [3.05, 3.63) is 47.8 Å². The lowest BCUT2D eigenvalue weighted by molar-refractivity contribution is 0.0342. The molecule has 2 aliphatic rings. The number of ether oxygens (including phenoxy) is 1. The van der Waals surface area contributed by atoms with Gasteiger partial charge in [-0.05, 0) is 43.1 Å². The van der Waals surface area contributed by atoms with Crippen LogP contribution < -0.4 is 10.6 Å². The van der Waals surface area contributed by atoms with Crippen molar-refractivity contribution in [2.24, 2.45) is 0 Å². The Bertz CT molecular complexity index is 746. The van der Waals surface area contributed by atoms with Crippen molar-refractivity contribution in [2.75, 3.05) is 44.7 Å². The Kier molecular flexibility index (Phi) is 5.81. The molecule has 1 unspecified atom stereocenters. The Hall–Kier alpha value is -2.22. The first-order valence-electron chi connectivity index (χ1n) is 9.74. The summed E-state index contributed by atoms with van der Waals surface area (Å²) in [4.78, 5) is 14.9. The molecule has 1 aromatic carbocycles. The van der Waals surface area contributed by atoms with Crippen molar-refractivity contribution in [1.82, 2.24) is 20.0 Å². The average Bonchev–Trinajstić information content (AvgIpc) is 3.21. The van der Waals surface area contributed by atoms with Crippen LogP contribution in [-0.4, -0.2) is 60.0 Å². The van der Waals surface area contributed by atoms with Crippen molar-refractivity contribution in [3.63, 3.8) is 0 Å². The van der Waals surface area contributed by atoms with Crippen LogP contribution in [0.4, 0.5) is 5.69 Å². The van der Waals surface area contributed by atoms with E-state index in [0.717, 1.165) is 64.5 Å². The number of amides is 1. The molecule has 2 N–H and O–H groups in total. The number of anilines is 1. The average molecular weight is 369 g/mol. The van der Waals surface area contributed by atoms with Crippen LogP contribution in [0.15, 0.2) is 36.5 Å². The molecule has 2 saturated heterocycles. The fourth-order valence-electron chi connectivity index (χ4n) is 3.63. The maximum atomic E-state index is 12.5. The smallest absolute Gasteiger partial charge is 0.276 e. The highest BCUT2D eigenvalue weighted by atomic mass is 16.5. The van der Waals surface area contributed by atoms with E-state index in [2.05, 4.69) is 32.8 Å². The number of hydrogen-bond donors (Lipinski definition) is 2. The minimum atomic E-state index is -0.168. The zero-order chi connectivity index (χ0) is 18.5. The fraction of sp³-hybridized carbons (Fsp3) is 0.500. The Morgan fingerprint density at radius 1 is 1.22 bits per heavy atom. The highest BCUT2D eigenvalue weighted by molar-refractivity contribution is 6.02. The van der Waals surface area contributed by atoms with Crippen LogP contribution in [0.3, 0.4) is 0 Å². The van der Waals surface area contributed by atoms with Gasteiger partial charge in [0.15, 0.2) is 5.69 Å². The Morgan fingerprint density at radius 3 is 2.78 bits per heavy atom. The Balaban J connectivity index is 1.33. The zero-order valence-electron chi connectivity index (χ0n) is 15.6. The molecule has 144 valence electrons. The van der Waals surface area contributed by atoms with Gasteiger partial charge >= 0.3 is 0 Å². The van der Waals surface area contributed by atoms with Gasteiger partial charge in [-0.1, -0.05) is 12.1 Å². The summed E-state index contributed by atoms with van der Waals surface area (Å²) in [6.45, 7) is 6.43. The molecule has 3 heterocycles. The van der Waals surface area contributed by atoms with Gasteiger partial charge in [-0.25, -0.2) is 0 Å². The van der Waals surface area contributed by atoms with Gasteiger partial charge in [-0.2, -0.15) is 5.10 Å². The zero-order valence-corrected chi connectivity index (χ0v) is 15.6. The Labute approximate surface area is 159 Å². The first kappa shape index (κ1) is 18.2. The quantitative estimate of drug-likeness (QED) is 0.842. The lowest BCUT2D eigenvalue weighted by Gasteiger charge is -2.26. The molecule has 7 heteroatoms. The summed E-state index contributed by atoms with van der Waals surface area (Å²) in [5.41, 5.74) is 2.49. The second-order valence-corrected chi connectivity index (χ2v) is 7.22. The van der Waals surface area contributed by atoms with E-state index in [-0.39, 0.29) is 5.91 Å². The molecule has 27 heavy (non-hydrogen) atoms. The second kappa shape index (κ2) is 8.65. The summed E-state index contributed by atoms with van der Waals surface area (Å²) in [5.74, 6) is -0.168. The monoisotopic (exact) mass is 369 g/mol. The van der Waals surface area contributed by atoms with Gasteiger partial charge in [0.25, 0.3) is 5.91 Å². The van der Waals surface area contributed by atoms with Gasteiger partial charge in [0.05, 0.1) is 19.3 Å². The number of hydrogen-bond acceptors (Lipinski definition) is 5. The summed E-state index contributed by atoms with van der Waals surface area (Å²) in [5, 5.41) is 10.8. The molecule has 1 aromatic heterocycles. The highest BCUT2D eigenvalue weighted by Gasteiger charge is 2.18. The van der Waals surface area contributed by atoms with Gasteiger partial charge in [0, 0.05) is 38.1 Å². The number of nitrogens with zero attached hydrogens (tertiary/aromatic N) is 3. The topological polar surface area (TPSA) is 71.4 Å². The molecule has 1 atom stereocenters. The van der Waals surface area contributed by atoms with E-state index < -0.39 is 0 Å². The van der Waals surface area contributed by atoms with Crippen LogP contribution in [0.2, 0.25) is 0 Å². The molecule has 2 fully saturated rings. The molecule has 2 aromatic rings. The first-order valence-corrected chi connectivity index (χ1v) is 9.74. The predicted molar refractivity (Wildman–Crippen MR) is 104 cm³/mol. The van der Waals surface area contributed by atoms with Crippen LogP contribution in [0.25, 0.3) is 0 Å². The number of rotatable bonds is 5. The van der Waals surface area contributed by atoms with Gasteiger partial charge in [0.2, 0.25) is 0 Å². The molecule has 4 rings (SSSR count). The maximum Gasteiger partial charge on any atom is 0.276 e. The lowest BCUT2D eigenvalue weighted by Crippen LogP contribution is -2.35. The molecule has 0 bridgehead atoms. The molecule has 1 amide bonds. The second-order valence-electron chi connectivity index (χ2n) is 7.22. The van der Waals surface area contributed by atoms with Crippen LogP contribution in [0.1, 0.15) is 34.9 Å². The number of morpholine rings is 1. The number of piperidine rings is 1. The van der Waals surface area contributed by atoms with E-state index in [4.69, 9.17) is 4.74 Å². The van der Waals surface area contributed by atoms with Gasteiger partial charge in [-0.15, -0.1) is 0 Å². The van der Waals surface area contributed by atoms with E-state index in [9.17, 15) is 4.79 Å². The minimum absolute atomic E-state index is 0.168. The molecule has 0 radical (unpaired) electrons. The first-order chi connectivity index (χ1) is 13.3. The number of aromatic nitrogens is 2. The van der Waals surface area contributed by atoms with Crippen molar-refractivity contribution in [1.29, 1.82) is 0 Å². The van der Waals surface area contributed by atoms with E-state index in [1.807, 2.05) is 23.0 Å². The normalized spacial score (nSPS) is 21.1. The summed E-state index contributed by atoms with van der Waals surface area (Å²) < 4.78 is 7.29. The van der Waals surface area contributed by atoms with Gasteiger partial charge < -0.3 is 15.4 Å². The Morgan fingerprint density at radius 2 is 2.04 bits per heavy atom. The standard InChI is InChI=1S/C20H27N5O2/c26-20(19-7-9-25(23-19)18-2-1-8-21-14-18)22-17-5-3-16(4-6-17)15-24-10-12-27-13-11-24/h3-7,9,18,21H,1-2,8,10-15H2,(H,22,26). The third-order valence-corrected chi connectivity index (χ3v) is 5.21. The highest BCUT2D eigenvalue weighted by Crippen LogP contribution is 2.17. The summed E-state index contributed by atoms with van der Waals surface area (Å²) in [6, 6.07) is 10.2. The molecule has 0 aliphatic carbocycles. The molecular formula is C20H27N5O2. The molecular weight excluding hydrogens is 342 g/mol.